The lowest BCUT2D eigenvalue weighted by Crippen LogP contribution is -2.04. The molecule has 0 amide bonds. The van der Waals surface area contributed by atoms with Crippen LogP contribution in [-0.4, -0.2) is 15.5 Å². The number of aromatic nitrogens is 1. The summed E-state index contributed by atoms with van der Waals surface area (Å²) >= 11 is 6.54. The quantitative estimate of drug-likeness (QED) is 0.669. The molecule has 0 radical (unpaired) electrons. The predicted molar refractivity (Wildman–Crippen MR) is 88.8 cm³/mol. The molecule has 0 fully saturated rings. The Morgan fingerprint density at radius 1 is 1.33 bits per heavy atom. The van der Waals surface area contributed by atoms with Crippen molar-refractivity contribution in [2.24, 2.45) is 0 Å². The minimum Gasteiger partial charge on any atom is -0.493 e. The van der Waals surface area contributed by atoms with Crippen LogP contribution in [0.4, 0.5) is 0 Å². The molecule has 0 spiro atoms. The molecule has 1 aromatic heterocycles. The highest BCUT2D eigenvalue weighted by Gasteiger charge is 2.18. The van der Waals surface area contributed by atoms with Crippen molar-refractivity contribution >= 4 is 47.1 Å². The second kappa shape index (κ2) is 5.42. The van der Waals surface area contributed by atoms with Crippen LogP contribution in [0.1, 0.15) is 22.9 Å². The summed E-state index contributed by atoms with van der Waals surface area (Å²) in [6.07, 6.45) is 5.10. The molecule has 5 heteroatoms. The van der Waals surface area contributed by atoms with Crippen LogP contribution in [0.15, 0.2) is 30.3 Å². The first-order chi connectivity index (χ1) is 10.1. The first-order valence-electron chi connectivity index (χ1n) is 6.58. The van der Waals surface area contributed by atoms with E-state index in [2.05, 4.69) is 0 Å². The molecule has 3 rings (SSSR count). The maximum Gasteiger partial charge on any atom is 0.210 e. The number of rotatable bonds is 2. The lowest BCUT2D eigenvalue weighted by atomic mass is 9.91. The largest absolute Gasteiger partial charge is 0.493 e. The molecule has 1 N–H and O–H groups in total. The van der Waals surface area contributed by atoms with Crippen LogP contribution in [0.3, 0.4) is 0 Å². The van der Waals surface area contributed by atoms with Crippen LogP contribution in [0.2, 0.25) is 0 Å². The predicted octanol–water partition coefficient (Wildman–Crippen LogP) is 4.14. The highest BCUT2D eigenvalue weighted by atomic mass is 32.1. The minimum atomic E-state index is -0.0598. The number of allylic oxidation sites excluding steroid dienone is 2. The van der Waals surface area contributed by atoms with Gasteiger partial charge in [0, 0.05) is 12.1 Å². The van der Waals surface area contributed by atoms with Crippen molar-refractivity contribution in [1.29, 1.82) is 0 Å². The van der Waals surface area contributed by atoms with E-state index in [4.69, 9.17) is 12.2 Å². The van der Waals surface area contributed by atoms with Gasteiger partial charge in [-0.05, 0) is 42.4 Å². The van der Waals surface area contributed by atoms with Crippen molar-refractivity contribution in [3.05, 3.63) is 50.3 Å². The van der Waals surface area contributed by atoms with Gasteiger partial charge in [-0.2, -0.15) is 0 Å². The Kier molecular flexibility index (Phi) is 3.61. The van der Waals surface area contributed by atoms with Crippen molar-refractivity contribution in [1.82, 2.24) is 4.57 Å². The van der Waals surface area contributed by atoms with Crippen molar-refractivity contribution < 1.29 is 9.90 Å². The van der Waals surface area contributed by atoms with Gasteiger partial charge in [0.05, 0.1) is 4.88 Å². The molecule has 0 atom stereocenters. The van der Waals surface area contributed by atoms with Gasteiger partial charge in [0.2, 0.25) is 5.88 Å². The summed E-state index contributed by atoms with van der Waals surface area (Å²) in [6.45, 7) is 2.53. The van der Waals surface area contributed by atoms with Crippen molar-refractivity contribution in [2.45, 2.75) is 13.5 Å². The zero-order valence-corrected chi connectivity index (χ0v) is 13.0. The van der Waals surface area contributed by atoms with E-state index in [0.29, 0.717) is 20.9 Å². The van der Waals surface area contributed by atoms with Crippen molar-refractivity contribution in [3.8, 4) is 5.88 Å². The molecule has 0 bridgehead atoms. The highest BCUT2D eigenvalue weighted by Crippen LogP contribution is 2.33. The molecule has 1 heterocycles. The van der Waals surface area contributed by atoms with Crippen molar-refractivity contribution in [2.75, 3.05) is 0 Å². The third kappa shape index (κ3) is 2.39. The molecule has 3 nitrogen and oxygen atoms in total. The van der Waals surface area contributed by atoms with E-state index < -0.39 is 0 Å². The molecular formula is C16H13NO2S2. The Hall–Kier alpha value is -1.98. The summed E-state index contributed by atoms with van der Waals surface area (Å²) in [4.78, 5) is 12.8. The van der Waals surface area contributed by atoms with E-state index in [-0.39, 0.29) is 11.7 Å². The van der Waals surface area contributed by atoms with Crippen LogP contribution in [0.5, 0.6) is 5.88 Å². The van der Waals surface area contributed by atoms with Crippen LogP contribution in [-0.2, 0) is 11.3 Å². The third-order valence-corrected chi connectivity index (χ3v) is 4.80. The summed E-state index contributed by atoms with van der Waals surface area (Å²) in [6, 6.07) is 7.71. The van der Waals surface area contributed by atoms with E-state index >= 15 is 0 Å². The van der Waals surface area contributed by atoms with E-state index in [1.54, 1.807) is 16.7 Å². The van der Waals surface area contributed by atoms with Crippen LogP contribution in [0.25, 0.3) is 17.7 Å². The van der Waals surface area contributed by atoms with Gasteiger partial charge >= 0.3 is 0 Å². The fraction of sp³-hybridized carbons (Fsp3) is 0.125. The molecule has 0 saturated carbocycles. The Labute approximate surface area is 131 Å². The number of carbonyl (C=O) groups is 1. The summed E-state index contributed by atoms with van der Waals surface area (Å²) in [5.74, 6) is 0.0651. The highest BCUT2D eigenvalue weighted by molar-refractivity contribution is 7.73. The molecule has 0 unspecified atom stereocenters. The van der Waals surface area contributed by atoms with Crippen molar-refractivity contribution in [3.63, 3.8) is 0 Å². The van der Waals surface area contributed by atoms with Crippen LogP contribution < -0.4 is 0 Å². The van der Waals surface area contributed by atoms with Gasteiger partial charge in [0.1, 0.15) is 0 Å². The fourth-order valence-electron chi connectivity index (χ4n) is 2.34. The Bertz CT molecular complexity index is 840. The number of benzene rings is 1. The van der Waals surface area contributed by atoms with Gasteiger partial charge in [0.25, 0.3) is 0 Å². The number of nitrogens with zero attached hydrogens (tertiary/aromatic N) is 1. The number of ketones is 1. The standard InChI is InChI=1S/C16H13NO2S2/c1-2-17-15(19)14(21-16(17)20)9-12-11-6-4-3-5-10(11)7-8-13(12)18/h3-9,19H,2H2,1H3/b12-9+. The molecular weight excluding hydrogens is 302 g/mol. The summed E-state index contributed by atoms with van der Waals surface area (Å²) in [5, 5.41) is 10.2. The number of fused-ring (bicyclic) bond motifs is 1. The average molecular weight is 315 g/mol. The number of aromatic hydroxyl groups is 1. The maximum atomic E-state index is 12.2. The zero-order chi connectivity index (χ0) is 15.0. The SMILES string of the molecule is CCn1c(O)c(/C=C2/C(=O)C=Cc3ccccc32)sc1=S. The van der Waals surface area contributed by atoms with Gasteiger partial charge in [-0.25, -0.2) is 0 Å². The molecule has 21 heavy (non-hydrogen) atoms. The van der Waals surface area contributed by atoms with E-state index in [1.165, 1.54) is 11.3 Å². The second-order valence-electron chi connectivity index (χ2n) is 4.64. The molecule has 0 aliphatic heterocycles. The minimum absolute atomic E-state index is 0.0598. The van der Waals surface area contributed by atoms with Gasteiger partial charge in [0.15, 0.2) is 9.74 Å². The van der Waals surface area contributed by atoms with Crippen LogP contribution >= 0.6 is 23.6 Å². The summed E-state index contributed by atoms with van der Waals surface area (Å²) < 4.78 is 2.26. The Balaban J connectivity index is 2.18. The number of carbonyl (C=O) groups excluding carboxylic acids is 1. The lowest BCUT2D eigenvalue weighted by Gasteiger charge is -2.12. The Morgan fingerprint density at radius 3 is 2.81 bits per heavy atom. The second-order valence-corrected chi connectivity index (χ2v) is 6.32. The monoisotopic (exact) mass is 315 g/mol. The molecule has 0 saturated heterocycles. The molecule has 1 aliphatic carbocycles. The number of thiazole rings is 1. The van der Waals surface area contributed by atoms with E-state index in [1.807, 2.05) is 37.3 Å². The van der Waals surface area contributed by atoms with E-state index in [0.717, 1.165) is 11.1 Å². The van der Waals surface area contributed by atoms with Gasteiger partial charge < -0.3 is 5.11 Å². The average Bonchev–Trinajstić information content (AvgIpc) is 2.76. The first kappa shape index (κ1) is 14.0. The normalized spacial score (nSPS) is 15.5. The Morgan fingerprint density at radius 2 is 2.10 bits per heavy atom. The topological polar surface area (TPSA) is 42.2 Å². The summed E-state index contributed by atoms with van der Waals surface area (Å²) in [5.41, 5.74) is 2.47. The summed E-state index contributed by atoms with van der Waals surface area (Å²) in [7, 11) is 0. The first-order valence-corrected chi connectivity index (χ1v) is 7.80. The maximum absolute atomic E-state index is 12.2. The number of hydrogen-bond acceptors (Lipinski definition) is 4. The van der Waals surface area contributed by atoms with Crippen LogP contribution in [0, 0.1) is 3.95 Å². The third-order valence-electron chi connectivity index (χ3n) is 3.42. The molecule has 106 valence electrons. The lowest BCUT2D eigenvalue weighted by molar-refractivity contribution is -0.109. The molecule has 2 aromatic rings. The molecule has 1 aromatic carbocycles. The smallest absolute Gasteiger partial charge is 0.210 e. The zero-order valence-electron chi connectivity index (χ0n) is 11.4. The fourth-order valence-corrected chi connectivity index (χ4v) is 3.72. The molecule has 1 aliphatic rings. The van der Waals surface area contributed by atoms with Gasteiger partial charge in [-0.15, -0.1) is 11.3 Å². The van der Waals surface area contributed by atoms with Gasteiger partial charge in [-0.3, -0.25) is 9.36 Å². The van der Waals surface area contributed by atoms with E-state index in [9.17, 15) is 9.90 Å². The van der Waals surface area contributed by atoms with Gasteiger partial charge in [-0.1, -0.05) is 30.3 Å². The number of hydrogen-bond donors (Lipinski definition) is 1.